The van der Waals surface area contributed by atoms with Crippen molar-refractivity contribution in [3.63, 3.8) is 0 Å². The minimum absolute atomic E-state index is 0.0955. The first-order valence-electron chi connectivity index (χ1n) is 7.86. The lowest BCUT2D eigenvalue weighted by Gasteiger charge is -2.01. The normalized spacial score (nSPS) is 12.2. The maximum Gasteiger partial charge on any atom is 0.142 e. The molecule has 1 N–H and O–H groups in total. The quantitative estimate of drug-likeness (QED) is 0.272. The van der Waals surface area contributed by atoms with Gasteiger partial charge in [0.1, 0.15) is 6.29 Å². The van der Waals surface area contributed by atoms with Gasteiger partial charge in [-0.3, -0.25) is 4.79 Å². The van der Waals surface area contributed by atoms with Gasteiger partial charge in [0.05, 0.1) is 6.10 Å². The Morgan fingerprint density at radius 3 is 2.25 bits per heavy atom. The van der Waals surface area contributed by atoms with Crippen LogP contribution in [0, 0.1) is 0 Å². The molecular formula is C18H34O2. The summed E-state index contributed by atoms with van der Waals surface area (Å²) in [6, 6.07) is 0. The molecule has 0 saturated carbocycles. The van der Waals surface area contributed by atoms with Gasteiger partial charge in [0.15, 0.2) is 0 Å². The number of unbranched alkanes of at least 4 members (excludes halogenated alkanes) is 3. The third-order valence-electron chi connectivity index (χ3n) is 2.92. The van der Waals surface area contributed by atoms with Crippen LogP contribution in [-0.2, 0) is 4.79 Å². The smallest absolute Gasteiger partial charge is 0.142 e. The van der Waals surface area contributed by atoms with Crippen LogP contribution in [0.3, 0.4) is 0 Å². The number of carbonyl (C=O) groups excluding carboxylic acids is 1. The SMILES string of the molecule is CC(C)=CCCC(C)=CC=O.CCCCCCC(C)O. The van der Waals surface area contributed by atoms with Crippen molar-refractivity contribution >= 4 is 6.29 Å². The van der Waals surface area contributed by atoms with E-state index in [1.54, 1.807) is 6.08 Å². The molecule has 1 atom stereocenters. The van der Waals surface area contributed by atoms with E-state index in [4.69, 9.17) is 5.11 Å². The molecule has 0 saturated heterocycles. The van der Waals surface area contributed by atoms with Crippen molar-refractivity contribution in [2.75, 3.05) is 0 Å². The molecule has 0 aliphatic heterocycles. The van der Waals surface area contributed by atoms with Gasteiger partial charge in [-0.05, 0) is 53.0 Å². The Balaban J connectivity index is 0. The molecule has 0 bridgehead atoms. The summed E-state index contributed by atoms with van der Waals surface area (Å²) in [7, 11) is 0. The van der Waals surface area contributed by atoms with Crippen molar-refractivity contribution in [1.82, 2.24) is 0 Å². The molecule has 0 rings (SSSR count). The maximum atomic E-state index is 10.0. The van der Waals surface area contributed by atoms with Crippen LogP contribution in [0.5, 0.6) is 0 Å². The molecule has 0 aromatic rings. The molecular weight excluding hydrogens is 248 g/mol. The Morgan fingerprint density at radius 1 is 1.15 bits per heavy atom. The molecule has 20 heavy (non-hydrogen) atoms. The van der Waals surface area contributed by atoms with E-state index in [9.17, 15) is 4.79 Å². The first-order chi connectivity index (χ1) is 9.43. The van der Waals surface area contributed by atoms with Gasteiger partial charge >= 0.3 is 0 Å². The van der Waals surface area contributed by atoms with Crippen LogP contribution in [0.15, 0.2) is 23.3 Å². The Labute approximate surface area is 126 Å². The highest BCUT2D eigenvalue weighted by Gasteiger charge is 1.93. The van der Waals surface area contributed by atoms with E-state index in [-0.39, 0.29) is 6.10 Å². The lowest BCUT2D eigenvalue weighted by molar-refractivity contribution is -0.104. The average Bonchev–Trinajstić information content (AvgIpc) is 2.35. The van der Waals surface area contributed by atoms with Crippen LogP contribution in [0.1, 0.15) is 79.6 Å². The minimum atomic E-state index is -0.0955. The molecule has 0 aliphatic carbocycles. The number of aliphatic hydroxyl groups is 1. The summed E-state index contributed by atoms with van der Waals surface area (Å²) in [4.78, 5) is 10.0. The molecule has 0 aliphatic rings. The lowest BCUT2D eigenvalue weighted by atomic mass is 10.1. The summed E-state index contributed by atoms with van der Waals surface area (Å²) >= 11 is 0. The molecule has 2 heteroatoms. The van der Waals surface area contributed by atoms with E-state index in [1.807, 2.05) is 13.8 Å². The highest BCUT2D eigenvalue weighted by molar-refractivity contribution is 5.65. The van der Waals surface area contributed by atoms with E-state index in [0.29, 0.717) is 0 Å². The van der Waals surface area contributed by atoms with Crippen LogP contribution in [0.25, 0.3) is 0 Å². The predicted molar refractivity (Wildman–Crippen MR) is 88.9 cm³/mol. The third kappa shape index (κ3) is 22.3. The van der Waals surface area contributed by atoms with Crippen molar-refractivity contribution in [3.8, 4) is 0 Å². The Hall–Kier alpha value is -0.890. The van der Waals surface area contributed by atoms with Crippen molar-refractivity contribution in [1.29, 1.82) is 0 Å². The van der Waals surface area contributed by atoms with Crippen molar-refractivity contribution < 1.29 is 9.90 Å². The average molecular weight is 282 g/mol. The fourth-order valence-corrected chi connectivity index (χ4v) is 1.65. The topological polar surface area (TPSA) is 37.3 Å². The lowest BCUT2D eigenvalue weighted by Crippen LogP contribution is -1.97. The molecule has 0 aromatic carbocycles. The Bertz CT molecular complexity index is 271. The number of aldehydes is 1. The summed E-state index contributed by atoms with van der Waals surface area (Å²) < 4.78 is 0. The molecule has 1 unspecified atom stereocenters. The van der Waals surface area contributed by atoms with E-state index in [0.717, 1.165) is 31.1 Å². The number of allylic oxidation sites excluding steroid dienone is 4. The number of rotatable bonds is 9. The monoisotopic (exact) mass is 282 g/mol. The highest BCUT2D eigenvalue weighted by atomic mass is 16.3. The third-order valence-corrected chi connectivity index (χ3v) is 2.92. The van der Waals surface area contributed by atoms with Crippen molar-refractivity contribution in [2.45, 2.75) is 85.7 Å². The first-order valence-corrected chi connectivity index (χ1v) is 7.86. The van der Waals surface area contributed by atoms with Crippen molar-refractivity contribution in [3.05, 3.63) is 23.3 Å². The first kappa shape index (κ1) is 21.4. The van der Waals surface area contributed by atoms with Crippen LogP contribution < -0.4 is 0 Å². The van der Waals surface area contributed by atoms with Crippen LogP contribution >= 0.6 is 0 Å². The highest BCUT2D eigenvalue weighted by Crippen LogP contribution is 2.05. The van der Waals surface area contributed by atoms with Gasteiger partial charge in [-0.15, -0.1) is 0 Å². The molecule has 2 nitrogen and oxygen atoms in total. The Kier molecular flexibility index (Phi) is 17.3. The van der Waals surface area contributed by atoms with E-state index >= 15 is 0 Å². The molecule has 0 heterocycles. The van der Waals surface area contributed by atoms with Gasteiger partial charge in [-0.1, -0.05) is 49.8 Å². The minimum Gasteiger partial charge on any atom is -0.393 e. The van der Waals surface area contributed by atoms with Gasteiger partial charge < -0.3 is 5.11 Å². The zero-order chi connectivity index (χ0) is 15.8. The standard InChI is InChI=1S/C10H16O.C8H18O/c1-9(2)5-4-6-10(3)7-8-11;1-3-4-5-6-7-8(2)9/h5,7-8H,4,6H2,1-3H3;8-9H,3-7H2,1-2H3. The molecule has 0 radical (unpaired) electrons. The van der Waals surface area contributed by atoms with Gasteiger partial charge in [0.2, 0.25) is 0 Å². The van der Waals surface area contributed by atoms with Crippen molar-refractivity contribution in [2.24, 2.45) is 0 Å². The number of hydrogen-bond acceptors (Lipinski definition) is 2. The molecule has 0 aromatic heterocycles. The summed E-state index contributed by atoms with van der Waals surface area (Å²) in [6.45, 7) is 10.2. The zero-order valence-corrected chi connectivity index (χ0v) is 14.1. The zero-order valence-electron chi connectivity index (χ0n) is 14.1. The predicted octanol–water partition coefficient (Wildman–Crippen LogP) is 5.22. The molecule has 0 fully saturated rings. The summed E-state index contributed by atoms with van der Waals surface area (Å²) in [5.74, 6) is 0. The van der Waals surface area contributed by atoms with Crippen LogP contribution in [0.2, 0.25) is 0 Å². The fourth-order valence-electron chi connectivity index (χ4n) is 1.65. The fraction of sp³-hybridized carbons (Fsp3) is 0.722. The summed E-state index contributed by atoms with van der Waals surface area (Å²) in [5.41, 5.74) is 2.49. The van der Waals surface area contributed by atoms with Gasteiger partial charge in [-0.2, -0.15) is 0 Å². The molecule has 118 valence electrons. The van der Waals surface area contributed by atoms with Crippen LogP contribution in [0.4, 0.5) is 0 Å². The van der Waals surface area contributed by atoms with E-state index < -0.39 is 0 Å². The number of carbonyl (C=O) groups is 1. The van der Waals surface area contributed by atoms with E-state index in [1.165, 1.54) is 31.3 Å². The largest absolute Gasteiger partial charge is 0.393 e. The van der Waals surface area contributed by atoms with Gasteiger partial charge in [0.25, 0.3) is 0 Å². The Morgan fingerprint density at radius 2 is 1.80 bits per heavy atom. The number of aliphatic hydroxyl groups excluding tert-OH is 1. The second kappa shape index (κ2) is 16.2. The summed E-state index contributed by atoms with van der Waals surface area (Å²) in [6.07, 6.45) is 12.6. The van der Waals surface area contributed by atoms with Crippen LogP contribution in [-0.4, -0.2) is 17.5 Å². The van der Waals surface area contributed by atoms with Gasteiger partial charge in [-0.25, -0.2) is 0 Å². The van der Waals surface area contributed by atoms with Gasteiger partial charge in [0, 0.05) is 0 Å². The maximum absolute atomic E-state index is 10.0. The molecule has 0 spiro atoms. The number of hydrogen-bond donors (Lipinski definition) is 1. The van der Waals surface area contributed by atoms with E-state index in [2.05, 4.69) is 26.8 Å². The summed E-state index contributed by atoms with van der Waals surface area (Å²) in [5, 5.41) is 8.85. The second-order valence-electron chi connectivity index (χ2n) is 5.67. The second-order valence-corrected chi connectivity index (χ2v) is 5.67. The molecule has 0 amide bonds.